The van der Waals surface area contributed by atoms with Crippen molar-refractivity contribution in [3.63, 3.8) is 0 Å². The number of hydrogen-bond acceptors (Lipinski definition) is 4. The van der Waals surface area contributed by atoms with Gasteiger partial charge < -0.3 is 15.8 Å². The van der Waals surface area contributed by atoms with E-state index in [1.165, 1.54) is 5.56 Å². The Kier molecular flexibility index (Phi) is 4.90. The number of nitrogens with zero attached hydrogens (tertiary/aromatic N) is 1. The number of ether oxygens (including phenoxy) is 1. The van der Waals surface area contributed by atoms with Gasteiger partial charge >= 0.3 is 0 Å². The molecule has 0 unspecified atom stereocenters. The molecule has 1 amide bonds. The fraction of sp³-hybridized carbons (Fsp3) is 0.278. The van der Waals surface area contributed by atoms with Gasteiger partial charge in [-0.3, -0.25) is 9.69 Å². The summed E-state index contributed by atoms with van der Waals surface area (Å²) in [6.45, 7) is 4.45. The van der Waals surface area contributed by atoms with Crippen molar-refractivity contribution in [2.75, 3.05) is 37.4 Å². The number of hydrogen-bond donors (Lipinski definition) is 2. The normalized spacial score (nSPS) is 15.3. The maximum atomic E-state index is 12.2. The van der Waals surface area contributed by atoms with Crippen molar-refractivity contribution in [3.05, 3.63) is 59.7 Å². The van der Waals surface area contributed by atoms with E-state index in [4.69, 9.17) is 10.5 Å². The molecule has 0 spiro atoms. The van der Waals surface area contributed by atoms with Gasteiger partial charge in [-0.1, -0.05) is 12.1 Å². The third-order valence-electron chi connectivity index (χ3n) is 3.89. The van der Waals surface area contributed by atoms with E-state index in [1.54, 1.807) is 24.3 Å². The summed E-state index contributed by atoms with van der Waals surface area (Å²) in [5, 5.41) is 2.90. The molecule has 1 aliphatic rings. The molecule has 0 saturated carbocycles. The van der Waals surface area contributed by atoms with Crippen molar-refractivity contribution in [1.29, 1.82) is 0 Å². The van der Waals surface area contributed by atoms with E-state index < -0.39 is 0 Å². The van der Waals surface area contributed by atoms with E-state index >= 15 is 0 Å². The zero-order valence-electron chi connectivity index (χ0n) is 13.0. The van der Waals surface area contributed by atoms with Crippen LogP contribution in [0.2, 0.25) is 0 Å². The smallest absolute Gasteiger partial charge is 0.255 e. The van der Waals surface area contributed by atoms with E-state index in [-0.39, 0.29) is 5.91 Å². The van der Waals surface area contributed by atoms with Crippen molar-refractivity contribution in [2.45, 2.75) is 6.54 Å². The third kappa shape index (κ3) is 4.31. The van der Waals surface area contributed by atoms with Gasteiger partial charge in [0.1, 0.15) is 0 Å². The highest BCUT2D eigenvalue weighted by atomic mass is 16.5. The van der Waals surface area contributed by atoms with Crippen LogP contribution in [0.3, 0.4) is 0 Å². The lowest BCUT2D eigenvalue weighted by molar-refractivity contribution is 0.0342. The Bertz CT molecular complexity index is 647. The quantitative estimate of drug-likeness (QED) is 0.851. The molecule has 0 aliphatic carbocycles. The molecule has 120 valence electrons. The second kappa shape index (κ2) is 7.26. The SMILES string of the molecule is Nc1ccc(C(=O)Nc2ccc(CN3CCOCC3)cc2)cc1. The monoisotopic (exact) mass is 311 g/mol. The van der Waals surface area contributed by atoms with Gasteiger partial charge in [-0.05, 0) is 42.0 Å². The number of benzene rings is 2. The molecule has 0 radical (unpaired) electrons. The molecule has 2 aromatic carbocycles. The first-order chi connectivity index (χ1) is 11.2. The zero-order chi connectivity index (χ0) is 16.1. The average molecular weight is 311 g/mol. The summed E-state index contributed by atoms with van der Waals surface area (Å²) in [5.41, 5.74) is 8.89. The predicted molar refractivity (Wildman–Crippen MR) is 91.3 cm³/mol. The number of rotatable bonds is 4. The summed E-state index contributed by atoms with van der Waals surface area (Å²) in [7, 11) is 0. The molecule has 3 rings (SSSR count). The molecule has 5 heteroatoms. The van der Waals surface area contributed by atoms with Crippen LogP contribution < -0.4 is 11.1 Å². The van der Waals surface area contributed by atoms with Gasteiger partial charge in [-0.25, -0.2) is 0 Å². The van der Waals surface area contributed by atoms with Crippen molar-refractivity contribution in [2.24, 2.45) is 0 Å². The number of amides is 1. The summed E-state index contributed by atoms with van der Waals surface area (Å²) in [6, 6.07) is 14.9. The van der Waals surface area contributed by atoms with Gasteiger partial charge in [0, 0.05) is 36.6 Å². The number of carbonyl (C=O) groups excluding carboxylic acids is 1. The Morgan fingerprint density at radius 1 is 1.04 bits per heavy atom. The Labute approximate surface area is 136 Å². The van der Waals surface area contributed by atoms with Crippen molar-refractivity contribution in [1.82, 2.24) is 4.90 Å². The van der Waals surface area contributed by atoms with Crippen molar-refractivity contribution >= 4 is 17.3 Å². The molecule has 0 atom stereocenters. The van der Waals surface area contributed by atoms with Crippen molar-refractivity contribution in [3.8, 4) is 0 Å². The maximum absolute atomic E-state index is 12.2. The maximum Gasteiger partial charge on any atom is 0.255 e. The van der Waals surface area contributed by atoms with Crippen LogP contribution in [0.4, 0.5) is 11.4 Å². The summed E-state index contributed by atoms with van der Waals surface area (Å²) in [5.74, 6) is -0.133. The number of anilines is 2. The fourth-order valence-electron chi connectivity index (χ4n) is 2.55. The van der Waals surface area contributed by atoms with Crippen LogP contribution in [-0.2, 0) is 11.3 Å². The van der Waals surface area contributed by atoms with E-state index in [0.29, 0.717) is 11.3 Å². The molecule has 2 aromatic rings. The Hall–Kier alpha value is -2.37. The van der Waals surface area contributed by atoms with Gasteiger partial charge in [0.15, 0.2) is 0 Å². The molecule has 3 N–H and O–H groups in total. The van der Waals surface area contributed by atoms with Crippen LogP contribution in [-0.4, -0.2) is 37.1 Å². The molecular formula is C18H21N3O2. The average Bonchev–Trinajstić information content (AvgIpc) is 2.58. The molecule has 1 heterocycles. The van der Waals surface area contributed by atoms with E-state index in [2.05, 4.69) is 10.2 Å². The molecule has 1 aliphatic heterocycles. The van der Waals surface area contributed by atoms with Gasteiger partial charge in [-0.2, -0.15) is 0 Å². The van der Waals surface area contributed by atoms with E-state index in [0.717, 1.165) is 38.5 Å². The fourth-order valence-corrected chi connectivity index (χ4v) is 2.55. The number of carbonyl (C=O) groups is 1. The van der Waals surface area contributed by atoms with Gasteiger partial charge in [-0.15, -0.1) is 0 Å². The standard InChI is InChI=1S/C18H21N3O2/c19-16-5-3-15(4-6-16)18(22)20-17-7-1-14(2-8-17)13-21-9-11-23-12-10-21/h1-8H,9-13,19H2,(H,20,22). The Morgan fingerprint density at radius 2 is 1.70 bits per heavy atom. The van der Waals surface area contributed by atoms with Crippen LogP contribution in [0.5, 0.6) is 0 Å². The van der Waals surface area contributed by atoms with E-state index in [1.807, 2.05) is 24.3 Å². The lowest BCUT2D eigenvalue weighted by atomic mass is 10.1. The van der Waals surface area contributed by atoms with Crippen LogP contribution >= 0.6 is 0 Å². The first kappa shape index (κ1) is 15.5. The minimum absolute atomic E-state index is 0.133. The lowest BCUT2D eigenvalue weighted by Crippen LogP contribution is -2.35. The summed E-state index contributed by atoms with van der Waals surface area (Å²) in [4.78, 5) is 14.5. The van der Waals surface area contributed by atoms with Crippen LogP contribution in [0.1, 0.15) is 15.9 Å². The van der Waals surface area contributed by atoms with E-state index in [9.17, 15) is 4.79 Å². The first-order valence-corrected chi connectivity index (χ1v) is 7.77. The Morgan fingerprint density at radius 3 is 2.35 bits per heavy atom. The highest BCUT2D eigenvalue weighted by molar-refractivity contribution is 6.04. The molecular weight excluding hydrogens is 290 g/mol. The Balaban J connectivity index is 1.58. The lowest BCUT2D eigenvalue weighted by Gasteiger charge is -2.26. The van der Waals surface area contributed by atoms with Crippen LogP contribution in [0.15, 0.2) is 48.5 Å². The molecule has 1 fully saturated rings. The number of nitrogens with one attached hydrogen (secondary N) is 1. The van der Waals surface area contributed by atoms with Gasteiger partial charge in [0.2, 0.25) is 0 Å². The molecule has 0 bridgehead atoms. The molecule has 0 aromatic heterocycles. The number of nitrogens with two attached hydrogens (primary N) is 1. The highest BCUT2D eigenvalue weighted by Gasteiger charge is 2.11. The molecule has 5 nitrogen and oxygen atoms in total. The van der Waals surface area contributed by atoms with Crippen LogP contribution in [0, 0.1) is 0 Å². The summed E-state index contributed by atoms with van der Waals surface area (Å²) < 4.78 is 5.35. The minimum Gasteiger partial charge on any atom is -0.399 e. The zero-order valence-corrected chi connectivity index (χ0v) is 13.0. The second-order valence-corrected chi connectivity index (χ2v) is 5.66. The topological polar surface area (TPSA) is 67.6 Å². The second-order valence-electron chi connectivity index (χ2n) is 5.66. The summed E-state index contributed by atoms with van der Waals surface area (Å²) >= 11 is 0. The predicted octanol–water partition coefficient (Wildman–Crippen LogP) is 2.35. The largest absolute Gasteiger partial charge is 0.399 e. The molecule has 1 saturated heterocycles. The number of morpholine rings is 1. The first-order valence-electron chi connectivity index (χ1n) is 7.77. The highest BCUT2D eigenvalue weighted by Crippen LogP contribution is 2.14. The third-order valence-corrected chi connectivity index (χ3v) is 3.89. The van der Waals surface area contributed by atoms with Gasteiger partial charge in [0.05, 0.1) is 13.2 Å². The molecule has 23 heavy (non-hydrogen) atoms. The van der Waals surface area contributed by atoms with Gasteiger partial charge in [0.25, 0.3) is 5.91 Å². The van der Waals surface area contributed by atoms with Crippen molar-refractivity contribution < 1.29 is 9.53 Å². The number of nitrogen functional groups attached to an aromatic ring is 1. The van der Waals surface area contributed by atoms with Crippen LogP contribution in [0.25, 0.3) is 0 Å². The summed E-state index contributed by atoms with van der Waals surface area (Å²) in [6.07, 6.45) is 0. The minimum atomic E-state index is -0.133.